The first-order chi connectivity index (χ1) is 10.6. The fraction of sp³-hybridized carbons (Fsp3) is 0.200. The van der Waals surface area contributed by atoms with Gasteiger partial charge in [0.2, 0.25) is 10.0 Å². The van der Waals surface area contributed by atoms with Gasteiger partial charge < -0.3 is 0 Å². The second kappa shape index (κ2) is 6.29. The highest BCUT2D eigenvalue weighted by Gasteiger charge is 2.30. The topological polar surface area (TPSA) is 46.2 Å². The number of nitrogens with one attached hydrogen (secondary N) is 1. The highest BCUT2D eigenvalue weighted by Crippen LogP contribution is 2.29. The summed E-state index contributed by atoms with van der Waals surface area (Å²) < 4.78 is 77.4. The van der Waals surface area contributed by atoms with Crippen molar-refractivity contribution in [1.82, 2.24) is 4.72 Å². The Hall–Kier alpha value is -1.93. The van der Waals surface area contributed by atoms with Gasteiger partial charge in [-0.2, -0.15) is 13.2 Å². The number of halogens is 4. The van der Waals surface area contributed by atoms with E-state index >= 15 is 0 Å². The monoisotopic (exact) mass is 347 g/mol. The molecule has 8 heteroatoms. The molecule has 0 bridgehead atoms. The molecule has 0 aliphatic heterocycles. The average molecular weight is 347 g/mol. The van der Waals surface area contributed by atoms with Crippen LogP contribution >= 0.6 is 0 Å². The number of hydrogen-bond donors (Lipinski definition) is 1. The van der Waals surface area contributed by atoms with E-state index in [1.807, 2.05) is 0 Å². The molecular weight excluding hydrogens is 334 g/mol. The van der Waals surface area contributed by atoms with Gasteiger partial charge in [-0.05, 0) is 42.3 Å². The van der Waals surface area contributed by atoms with Crippen LogP contribution in [0.15, 0.2) is 47.4 Å². The van der Waals surface area contributed by atoms with E-state index in [2.05, 4.69) is 4.72 Å². The second-order valence-electron chi connectivity index (χ2n) is 4.93. The lowest BCUT2D eigenvalue weighted by molar-refractivity contribution is -0.137. The molecule has 0 aliphatic carbocycles. The van der Waals surface area contributed by atoms with Crippen molar-refractivity contribution in [3.05, 3.63) is 65.0 Å². The Balaban J connectivity index is 2.18. The van der Waals surface area contributed by atoms with Crippen molar-refractivity contribution in [3.8, 4) is 0 Å². The summed E-state index contributed by atoms with van der Waals surface area (Å²) >= 11 is 0. The second-order valence-corrected chi connectivity index (χ2v) is 6.70. The van der Waals surface area contributed by atoms with Crippen LogP contribution in [0.2, 0.25) is 0 Å². The van der Waals surface area contributed by atoms with E-state index in [9.17, 15) is 26.0 Å². The zero-order valence-corrected chi connectivity index (χ0v) is 12.8. The Kier molecular flexibility index (Phi) is 4.76. The quantitative estimate of drug-likeness (QED) is 0.859. The fourth-order valence-corrected chi connectivity index (χ4v) is 3.01. The molecule has 2 rings (SSSR count). The third-order valence-corrected chi connectivity index (χ3v) is 4.56. The highest BCUT2D eigenvalue weighted by molar-refractivity contribution is 7.89. The van der Waals surface area contributed by atoms with Crippen molar-refractivity contribution in [2.24, 2.45) is 0 Å². The molecule has 1 N–H and O–H groups in total. The minimum atomic E-state index is -4.50. The lowest BCUT2D eigenvalue weighted by atomic mass is 10.1. The summed E-state index contributed by atoms with van der Waals surface area (Å²) in [6.07, 6.45) is -4.50. The van der Waals surface area contributed by atoms with E-state index in [-0.39, 0.29) is 22.6 Å². The fourth-order valence-electron chi connectivity index (χ4n) is 1.90. The van der Waals surface area contributed by atoms with E-state index in [1.165, 1.54) is 19.1 Å². The van der Waals surface area contributed by atoms with Gasteiger partial charge in [0.05, 0.1) is 10.5 Å². The summed E-state index contributed by atoms with van der Waals surface area (Å²) in [5.41, 5.74) is -0.527. The number of hydrogen-bond acceptors (Lipinski definition) is 2. The molecule has 124 valence electrons. The molecule has 0 aliphatic rings. The van der Waals surface area contributed by atoms with Gasteiger partial charge in [0.15, 0.2) is 0 Å². The molecule has 0 saturated heterocycles. The Morgan fingerprint density at radius 1 is 1.09 bits per heavy atom. The summed E-state index contributed by atoms with van der Waals surface area (Å²) in [7, 11) is -3.94. The lowest BCUT2D eigenvalue weighted by Gasteiger charge is -2.10. The summed E-state index contributed by atoms with van der Waals surface area (Å²) in [5, 5.41) is 0. The first kappa shape index (κ1) is 17.4. The molecule has 0 amide bonds. The van der Waals surface area contributed by atoms with E-state index < -0.39 is 27.6 Å². The first-order valence-electron chi connectivity index (χ1n) is 6.51. The zero-order chi connectivity index (χ0) is 17.3. The number of benzene rings is 2. The summed E-state index contributed by atoms with van der Waals surface area (Å²) in [6, 6.07) is 7.64. The number of rotatable bonds is 4. The van der Waals surface area contributed by atoms with Crippen molar-refractivity contribution in [2.75, 3.05) is 0 Å². The third kappa shape index (κ3) is 4.29. The lowest BCUT2D eigenvalue weighted by Crippen LogP contribution is -2.23. The largest absolute Gasteiger partial charge is 0.416 e. The highest BCUT2D eigenvalue weighted by atomic mass is 32.2. The maximum absolute atomic E-state index is 13.2. The predicted octanol–water partition coefficient (Wildman–Crippen LogP) is 3.63. The third-order valence-electron chi connectivity index (χ3n) is 3.16. The Morgan fingerprint density at radius 2 is 1.78 bits per heavy atom. The number of aryl methyl sites for hydroxylation is 1. The molecule has 0 unspecified atom stereocenters. The van der Waals surface area contributed by atoms with Gasteiger partial charge in [0.1, 0.15) is 5.82 Å². The minimum Gasteiger partial charge on any atom is -0.207 e. The molecule has 3 nitrogen and oxygen atoms in total. The molecular formula is C15H13F4NO2S. The summed E-state index contributed by atoms with van der Waals surface area (Å²) in [5.74, 6) is -0.540. The molecule has 0 atom stereocenters. The van der Waals surface area contributed by atoms with Crippen LogP contribution < -0.4 is 4.72 Å². The van der Waals surface area contributed by atoms with Crippen molar-refractivity contribution < 1.29 is 26.0 Å². The standard InChI is InChI=1S/C15H13F4NO2S/c1-10-7-13(5-6-14(10)16)23(21,22)20-9-11-3-2-4-12(8-11)15(17,18)19/h2-8,20H,9H2,1H3. The average Bonchev–Trinajstić information content (AvgIpc) is 2.47. The summed E-state index contributed by atoms with van der Waals surface area (Å²) in [4.78, 5) is -0.150. The van der Waals surface area contributed by atoms with Crippen LogP contribution in [0.5, 0.6) is 0 Å². The van der Waals surface area contributed by atoms with Gasteiger partial charge in [-0.25, -0.2) is 17.5 Å². The normalized spacial score (nSPS) is 12.4. The first-order valence-corrected chi connectivity index (χ1v) is 8.00. The van der Waals surface area contributed by atoms with E-state index in [0.717, 1.165) is 30.3 Å². The molecule has 0 radical (unpaired) electrons. The molecule has 0 heterocycles. The Labute approximate surface area is 131 Å². The van der Waals surface area contributed by atoms with Crippen molar-refractivity contribution in [3.63, 3.8) is 0 Å². The summed E-state index contributed by atoms with van der Waals surface area (Å²) in [6.45, 7) is 1.11. The van der Waals surface area contributed by atoms with Gasteiger partial charge in [0.25, 0.3) is 0 Å². The van der Waals surface area contributed by atoms with Crippen LogP contribution in [-0.4, -0.2) is 8.42 Å². The van der Waals surface area contributed by atoms with Crippen LogP contribution in [-0.2, 0) is 22.7 Å². The van der Waals surface area contributed by atoms with Crippen LogP contribution in [0.25, 0.3) is 0 Å². The molecule has 23 heavy (non-hydrogen) atoms. The zero-order valence-electron chi connectivity index (χ0n) is 12.0. The molecule has 2 aromatic carbocycles. The van der Waals surface area contributed by atoms with Crippen LogP contribution in [0.1, 0.15) is 16.7 Å². The molecule has 0 spiro atoms. The maximum atomic E-state index is 13.2. The van der Waals surface area contributed by atoms with Gasteiger partial charge in [-0.3, -0.25) is 0 Å². The molecule has 0 aromatic heterocycles. The Morgan fingerprint density at radius 3 is 2.39 bits per heavy atom. The molecule has 2 aromatic rings. The van der Waals surface area contributed by atoms with Crippen LogP contribution in [0.4, 0.5) is 17.6 Å². The van der Waals surface area contributed by atoms with Crippen LogP contribution in [0, 0.1) is 12.7 Å². The SMILES string of the molecule is Cc1cc(S(=O)(=O)NCc2cccc(C(F)(F)F)c2)ccc1F. The number of alkyl halides is 3. The molecule has 0 fully saturated rings. The van der Waals surface area contributed by atoms with Gasteiger partial charge in [-0.1, -0.05) is 18.2 Å². The van der Waals surface area contributed by atoms with E-state index in [0.29, 0.717) is 0 Å². The van der Waals surface area contributed by atoms with E-state index in [4.69, 9.17) is 0 Å². The molecule has 0 saturated carbocycles. The predicted molar refractivity (Wildman–Crippen MR) is 76.6 cm³/mol. The van der Waals surface area contributed by atoms with Crippen molar-refractivity contribution >= 4 is 10.0 Å². The van der Waals surface area contributed by atoms with Gasteiger partial charge in [-0.15, -0.1) is 0 Å². The smallest absolute Gasteiger partial charge is 0.207 e. The Bertz CT molecular complexity index is 816. The van der Waals surface area contributed by atoms with Gasteiger partial charge >= 0.3 is 6.18 Å². The van der Waals surface area contributed by atoms with Crippen molar-refractivity contribution in [1.29, 1.82) is 0 Å². The minimum absolute atomic E-state index is 0.150. The maximum Gasteiger partial charge on any atom is 0.416 e. The number of sulfonamides is 1. The van der Waals surface area contributed by atoms with Crippen molar-refractivity contribution in [2.45, 2.75) is 24.5 Å². The van der Waals surface area contributed by atoms with E-state index in [1.54, 1.807) is 0 Å². The van der Waals surface area contributed by atoms with Crippen LogP contribution in [0.3, 0.4) is 0 Å². The van der Waals surface area contributed by atoms with Gasteiger partial charge in [0, 0.05) is 6.54 Å².